The number of methoxy groups -OCH3 is 1. The van der Waals surface area contributed by atoms with Crippen molar-refractivity contribution in [3.8, 4) is 11.9 Å². The number of pyridine rings is 1. The highest BCUT2D eigenvalue weighted by molar-refractivity contribution is 6.11. The van der Waals surface area contributed by atoms with Gasteiger partial charge in [0.2, 0.25) is 11.8 Å². The van der Waals surface area contributed by atoms with Crippen molar-refractivity contribution in [1.82, 2.24) is 15.2 Å². The first-order chi connectivity index (χ1) is 15.2. The van der Waals surface area contributed by atoms with E-state index in [2.05, 4.69) is 16.4 Å². The molecular formula is C22H25FN6O3. The molecule has 4 N–H and O–H groups in total. The summed E-state index contributed by atoms with van der Waals surface area (Å²) in [4.78, 5) is 31.1. The third kappa shape index (κ3) is 4.02. The highest BCUT2D eigenvalue weighted by Gasteiger charge is 2.55. The Balaban J connectivity index is 1.44. The minimum absolute atomic E-state index is 0.0735. The van der Waals surface area contributed by atoms with Crippen LogP contribution in [-0.2, 0) is 9.59 Å². The zero-order valence-corrected chi connectivity index (χ0v) is 17.8. The third-order valence-electron chi connectivity index (χ3n) is 6.55. The Morgan fingerprint density at radius 2 is 2.16 bits per heavy atom. The maximum absolute atomic E-state index is 14.1. The summed E-state index contributed by atoms with van der Waals surface area (Å²) in [5.41, 5.74) is 4.37. The van der Waals surface area contributed by atoms with E-state index in [-0.39, 0.29) is 34.7 Å². The molecule has 9 nitrogen and oxygen atoms in total. The summed E-state index contributed by atoms with van der Waals surface area (Å²) in [7, 11) is 1.38. The Morgan fingerprint density at radius 3 is 2.75 bits per heavy atom. The number of aromatic nitrogens is 1. The number of ether oxygens (including phenoxy) is 1. The summed E-state index contributed by atoms with van der Waals surface area (Å²) >= 11 is 0. The van der Waals surface area contributed by atoms with Gasteiger partial charge in [0.25, 0.3) is 5.91 Å². The van der Waals surface area contributed by atoms with Crippen LogP contribution in [0.3, 0.4) is 0 Å². The van der Waals surface area contributed by atoms with E-state index >= 15 is 0 Å². The number of amides is 2. The number of piperidine rings is 1. The van der Waals surface area contributed by atoms with E-state index in [4.69, 9.17) is 15.9 Å². The topological polar surface area (TPSA) is 145 Å². The zero-order valence-electron chi connectivity index (χ0n) is 17.8. The fourth-order valence-electron chi connectivity index (χ4n) is 4.27. The number of hydrogen-bond acceptors (Lipinski definition) is 7. The van der Waals surface area contributed by atoms with Gasteiger partial charge in [0.1, 0.15) is 5.54 Å². The molecule has 1 aliphatic heterocycles. The first-order valence-corrected chi connectivity index (χ1v) is 10.5. The second-order valence-electron chi connectivity index (χ2n) is 8.77. The van der Waals surface area contributed by atoms with E-state index in [1.54, 1.807) is 4.90 Å². The number of nitrogens with one attached hydrogen (secondary N) is 2. The fourth-order valence-corrected chi connectivity index (χ4v) is 4.27. The van der Waals surface area contributed by atoms with Crippen molar-refractivity contribution in [1.29, 1.82) is 10.7 Å². The number of likely N-dealkylation sites (tertiary alicyclic amines) is 1. The molecule has 3 fully saturated rings. The van der Waals surface area contributed by atoms with Crippen molar-refractivity contribution in [2.24, 2.45) is 11.7 Å². The lowest BCUT2D eigenvalue weighted by Crippen LogP contribution is -2.52. The average Bonchev–Trinajstić information content (AvgIpc) is 3.72. The van der Waals surface area contributed by atoms with Crippen LogP contribution in [0.4, 0.5) is 4.39 Å². The van der Waals surface area contributed by atoms with Gasteiger partial charge in [-0.1, -0.05) is 0 Å². The highest BCUT2D eigenvalue weighted by Crippen LogP contribution is 2.50. The molecular weight excluding hydrogens is 415 g/mol. The number of carbonyl (C=O) groups is 2. The molecule has 4 rings (SSSR count). The molecule has 2 heterocycles. The van der Waals surface area contributed by atoms with Crippen LogP contribution in [0.1, 0.15) is 44.1 Å². The van der Waals surface area contributed by atoms with Crippen molar-refractivity contribution in [3.05, 3.63) is 35.4 Å². The zero-order chi connectivity index (χ0) is 23.1. The maximum Gasteiger partial charge on any atom is 0.270 e. The minimum Gasteiger partial charge on any atom is -0.481 e. The smallest absolute Gasteiger partial charge is 0.270 e. The lowest BCUT2D eigenvalue weighted by molar-refractivity contribution is -0.137. The van der Waals surface area contributed by atoms with Gasteiger partial charge in [-0.2, -0.15) is 5.26 Å². The van der Waals surface area contributed by atoms with Gasteiger partial charge >= 0.3 is 0 Å². The fraction of sp³-hybridized carbons (Fsp3) is 0.500. The van der Waals surface area contributed by atoms with E-state index in [0.29, 0.717) is 32.2 Å². The second kappa shape index (κ2) is 7.89. The minimum atomic E-state index is -0.719. The van der Waals surface area contributed by atoms with Gasteiger partial charge in [-0.25, -0.2) is 9.37 Å². The first kappa shape index (κ1) is 21.7. The monoisotopic (exact) mass is 440 g/mol. The van der Waals surface area contributed by atoms with Crippen LogP contribution in [0.5, 0.6) is 5.88 Å². The molecule has 1 aromatic rings. The molecule has 2 amide bonds. The summed E-state index contributed by atoms with van der Waals surface area (Å²) < 4.78 is 19.0. The summed E-state index contributed by atoms with van der Waals surface area (Å²) in [5, 5.41) is 20.2. The SMILES string of the molecule is COc1cc(C(=N)C=C(N)C(=O)N2CC[C@H](C(=O)NC3(C#N)CC3)CC23CC3)c(F)cn1. The molecule has 0 unspecified atom stereocenters. The van der Waals surface area contributed by atoms with Crippen molar-refractivity contribution in [3.63, 3.8) is 0 Å². The maximum atomic E-state index is 14.1. The normalized spacial score (nSPS) is 22.6. The molecule has 1 aromatic heterocycles. The molecule has 1 spiro atoms. The standard InChI is InChI=1S/C22H25FN6O3/c1-32-18-8-14(15(23)11-27-18)16(25)9-17(26)20(31)29-7-2-13(10-22(29)5-6-22)19(30)28-21(12-24)3-4-21/h8-9,11,13,25H,2-7,10,26H2,1H3,(H,28,30)/t13-/m0/s1. The Morgan fingerprint density at radius 1 is 1.44 bits per heavy atom. The van der Waals surface area contributed by atoms with E-state index < -0.39 is 22.8 Å². The first-order valence-electron chi connectivity index (χ1n) is 10.5. The van der Waals surface area contributed by atoms with Gasteiger partial charge in [-0.05, 0) is 44.6 Å². The van der Waals surface area contributed by atoms with Crippen LogP contribution < -0.4 is 15.8 Å². The van der Waals surface area contributed by atoms with Crippen LogP contribution >= 0.6 is 0 Å². The lowest BCUT2D eigenvalue weighted by Gasteiger charge is -2.40. The Bertz CT molecular complexity index is 1050. The van der Waals surface area contributed by atoms with Gasteiger partial charge in [-0.15, -0.1) is 0 Å². The Kier molecular flexibility index (Phi) is 5.36. The molecule has 3 aliphatic rings. The molecule has 1 atom stereocenters. The molecule has 2 aliphatic carbocycles. The van der Waals surface area contributed by atoms with Crippen molar-refractivity contribution in [2.45, 2.75) is 49.6 Å². The van der Waals surface area contributed by atoms with Crippen LogP contribution in [-0.4, -0.2) is 52.1 Å². The van der Waals surface area contributed by atoms with Gasteiger partial charge in [0.05, 0.1) is 30.8 Å². The van der Waals surface area contributed by atoms with E-state index in [9.17, 15) is 19.2 Å². The van der Waals surface area contributed by atoms with E-state index in [1.165, 1.54) is 13.2 Å². The summed E-state index contributed by atoms with van der Waals surface area (Å²) in [5.74, 6) is -1.39. The number of nitrogens with zero attached hydrogens (tertiary/aromatic N) is 3. The molecule has 168 valence electrons. The van der Waals surface area contributed by atoms with Crippen LogP contribution in [0.25, 0.3) is 0 Å². The summed E-state index contributed by atoms with van der Waals surface area (Å²) in [6.07, 6.45) is 5.97. The Labute approximate surface area is 184 Å². The third-order valence-corrected chi connectivity index (χ3v) is 6.55. The van der Waals surface area contributed by atoms with Crippen LogP contribution in [0.2, 0.25) is 0 Å². The molecule has 0 bridgehead atoms. The molecule has 2 saturated carbocycles. The Hall–Kier alpha value is -3.48. The number of allylic oxidation sites excluding steroid dienone is 1. The molecule has 0 aromatic carbocycles. The largest absolute Gasteiger partial charge is 0.481 e. The molecule has 32 heavy (non-hydrogen) atoms. The molecule has 10 heteroatoms. The van der Waals surface area contributed by atoms with Crippen molar-refractivity contribution in [2.75, 3.05) is 13.7 Å². The molecule has 1 saturated heterocycles. The van der Waals surface area contributed by atoms with Crippen molar-refractivity contribution >= 4 is 17.5 Å². The van der Waals surface area contributed by atoms with Crippen LogP contribution in [0.15, 0.2) is 24.0 Å². The van der Waals surface area contributed by atoms with Gasteiger partial charge in [0.15, 0.2) is 5.82 Å². The van der Waals surface area contributed by atoms with Gasteiger partial charge < -0.3 is 26.1 Å². The summed E-state index contributed by atoms with van der Waals surface area (Å²) in [6, 6.07) is 3.43. The lowest BCUT2D eigenvalue weighted by atomic mass is 9.87. The number of nitrogens with two attached hydrogens (primary N) is 1. The predicted molar refractivity (Wildman–Crippen MR) is 112 cm³/mol. The van der Waals surface area contributed by atoms with Gasteiger partial charge in [0, 0.05) is 29.6 Å². The number of nitriles is 1. The second-order valence-corrected chi connectivity index (χ2v) is 8.77. The quantitative estimate of drug-likeness (QED) is 0.450. The van der Waals surface area contributed by atoms with Crippen LogP contribution in [0, 0.1) is 28.5 Å². The van der Waals surface area contributed by atoms with Gasteiger partial charge in [-0.3, -0.25) is 9.59 Å². The number of halogens is 1. The number of rotatable bonds is 6. The van der Waals surface area contributed by atoms with E-state index in [1.807, 2.05) is 0 Å². The average molecular weight is 440 g/mol. The number of carbonyl (C=O) groups excluding carboxylic acids is 2. The van der Waals surface area contributed by atoms with Crippen molar-refractivity contribution < 1.29 is 18.7 Å². The predicted octanol–water partition coefficient (Wildman–Crippen LogP) is 1.38. The number of hydrogen-bond donors (Lipinski definition) is 3. The summed E-state index contributed by atoms with van der Waals surface area (Å²) in [6.45, 7) is 0.357. The van der Waals surface area contributed by atoms with E-state index in [0.717, 1.165) is 25.1 Å². The molecule has 0 radical (unpaired) electrons. The highest BCUT2D eigenvalue weighted by atomic mass is 19.1.